The van der Waals surface area contributed by atoms with E-state index in [9.17, 15) is 0 Å². The molecule has 0 radical (unpaired) electrons. The van der Waals surface area contributed by atoms with Crippen LogP contribution < -0.4 is 0 Å². The van der Waals surface area contributed by atoms with Gasteiger partial charge in [-0.15, -0.1) is 11.3 Å². The molecule has 0 amide bonds. The number of halogens is 1. The Morgan fingerprint density at radius 1 is 0.833 bits per heavy atom. The highest BCUT2D eigenvalue weighted by Gasteiger charge is 2.11. The van der Waals surface area contributed by atoms with Gasteiger partial charge in [-0.05, 0) is 47.5 Å². The molecule has 5 aromatic rings. The molecule has 5 rings (SSSR count). The maximum absolute atomic E-state index is 6.36. The molecule has 144 valence electrons. The van der Waals surface area contributed by atoms with Crippen LogP contribution >= 0.6 is 22.9 Å². The molecule has 3 heterocycles. The largest absolute Gasteiger partial charge is 0.306 e. The number of hydrogen-bond donors (Lipinski definition) is 0. The van der Waals surface area contributed by atoms with Gasteiger partial charge < -0.3 is 4.40 Å². The number of imidazole rings is 1. The lowest BCUT2D eigenvalue weighted by Gasteiger charge is -2.05. The summed E-state index contributed by atoms with van der Waals surface area (Å²) in [6.07, 6.45) is 4.86. The second kappa shape index (κ2) is 8.20. The van der Waals surface area contributed by atoms with Gasteiger partial charge in [0.1, 0.15) is 5.65 Å². The normalized spacial score (nSPS) is 10.7. The minimum absolute atomic E-state index is 0.749. The summed E-state index contributed by atoms with van der Waals surface area (Å²) in [7, 11) is 0. The Morgan fingerprint density at radius 2 is 1.63 bits per heavy atom. The van der Waals surface area contributed by atoms with Crippen molar-refractivity contribution >= 4 is 28.6 Å². The third kappa shape index (κ3) is 3.89. The number of fused-ring (bicyclic) bond motifs is 1. The van der Waals surface area contributed by atoms with Crippen LogP contribution in [-0.2, 0) is 6.42 Å². The van der Waals surface area contributed by atoms with Gasteiger partial charge in [-0.25, -0.2) is 4.98 Å². The molecule has 0 atom stereocenters. The lowest BCUT2D eigenvalue weighted by molar-refractivity contribution is 1.11. The van der Waals surface area contributed by atoms with Crippen molar-refractivity contribution in [2.24, 2.45) is 0 Å². The van der Waals surface area contributed by atoms with Crippen LogP contribution in [0.3, 0.4) is 0 Å². The molecule has 0 saturated heterocycles. The summed E-state index contributed by atoms with van der Waals surface area (Å²) in [6, 6.07) is 26.3. The van der Waals surface area contributed by atoms with E-state index in [2.05, 4.69) is 52.8 Å². The van der Waals surface area contributed by atoms with Crippen molar-refractivity contribution in [3.05, 3.63) is 118 Å². The molecule has 0 fully saturated rings. The molecule has 0 saturated carbocycles. The third-order valence-corrected chi connectivity index (χ3v) is 6.26. The number of aromatic nitrogens is 2. The van der Waals surface area contributed by atoms with Crippen molar-refractivity contribution in [3.63, 3.8) is 0 Å². The molecule has 0 bridgehead atoms. The van der Waals surface area contributed by atoms with Gasteiger partial charge in [0.05, 0.1) is 15.4 Å². The lowest BCUT2D eigenvalue weighted by Crippen LogP contribution is -1.94. The Morgan fingerprint density at radius 3 is 2.50 bits per heavy atom. The quantitative estimate of drug-likeness (QED) is 0.294. The zero-order valence-electron chi connectivity index (χ0n) is 16.0. The van der Waals surface area contributed by atoms with Crippen LogP contribution in [0.25, 0.3) is 16.2 Å². The van der Waals surface area contributed by atoms with Crippen molar-refractivity contribution < 1.29 is 0 Å². The number of nitrogens with zero attached hydrogens (tertiary/aromatic N) is 2. The predicted molar refractivity (Wildman–Crippen MR) is 125 cm³/mol. The molecule has 0 spiro atoms. The molecule has 0 N–H and O–H groups in total. The van der Waals surface area contributed by atoms with Crippen molar-refractivity contribution in [1.29, 1.82) is 0 Å². The second-order valence-corrected chi connectivity index (χ2v) is 8.43. The van der Waals surface area contributed by atoms with E-state index in [0.29, 0.717) is 0 Å². The van der Waals surface area contributed by atoms with Crippen LogP contribution in [0.5, 0.6) is 0 Å². The maximum Gasteiger partial charge on any atom is 0.141 e. The fourth-order valence-corrected chi connectivity index (χ4v) is 4.39. The van der Waals surface area contributed by atoms with Gasteiger partial charge in [-0.3, -0.25) is 0 Å². The average Bonchev–Trinajstić information content (AvgIpc) is 3.42. The minimum atomic E-state index is 0.749. The van der Waals surface area contributed by atoms with Crippen LogP contribution in [0.1, 0.15) is 21.6 Å². The number of rotatable bonds is 3. The van der Waals surface area contributed by atoms with Gasteiger partial charge in [-0.2, -0.15) is 0 Å². The number of hydrogen-bond acceptors (Lipinski definition) is 2. The SMILES string of the molecule is Clc1ccccc1Cc1cccn2cc(-c3ccc(C#Cc4ccccc4)s3)nc12. The molecule has 4 heteroatoms. The van der Waals surface area contributed by atoms with Gasteiger partial charge in [-0.1, -0.05) is 65.9 Å². The highest BCUT2D eigenvalue weighted by Crippen LogP contribution is 2.29. The van der Waals surface area contributed by atoms with Crippen molar-refractivity contribution in [3.8, 4) is 22.4 Å². The summed E-state index contributed by atoms with van der Waals surface area (Å²) in [5, 5.41) is 0.783. The third-order valence-electron chi connectivity index (χ3n) is 4.86. The van der Waals surface area contributed by atoms with E-state index in [1.807, 2.05) is 54.7 Å². The Hall–Kier alpha value is -3.32. The molecule has 0 aliphatic rings. The molecule has 3 aromatic heterocycles. The first kappa shape index (κ1) is 18.7. The van der Waals surface area contributed by atoms with Crippen LogP contribution in [0.15, 0.2) is 91.3 Å². The van der Waals surface area contributed by atoms with Gasteiger partial charge in [0.25, 0.3) is 0 Å². The van der Waals surface area contributed by atoms with Gasteiger partial charge >= 0.3 is 0 Å². The molecule has 0 aliphatic heterocycles. The topological polar surface area (TPSA) is 17.3 Å². The average molecular weight is 425 g/mol. The van der Waals surface area contributed by atoms with E-state index in [4.69, 9.17) is 16.6 Å². The van der Waals surface area contributed by atoms with E-state index in [1.165, 1.54) is 0 Å². The molecule has 0 unspecified atom stereocenters. The predicted octanol–water partition coefficient (Wildman–Crippen LogP) is 6.71. The van der Waals surface area contributed by atoms with Crippen LogP contribution in [0, 0.1) is 11.8 Å². The minimum Gasteiger partial charge on any atom is -0.306 e. The van der Waals surface area contributed by atoms with Crippen molar-refractivity contribution in [2.75, 3.05) is 0 Å². The summed E-state index contributed by atoms with van der Waals surface area (Å²) in [4.78, 5) is 7.06. The van der Waals surface area contributed by atoms with Crippen molar-refractivity contribution in [1.82, 2.24) is 9.38 Å². The van der Waals surface area contributed by atoms with Gasteiger partial charge in [0.15, 0.2) is 0 Å². The molecular weight excluding hydrogens is 408 g/mol. The first-order chi connectivity index (χ1) is 14.8. The zero-order chi connectivity index (χ0) is 20.3. The Bertz CT molecular complexity index is 1390. The maximum atomic E-state index is 6.36. The smallest absolute Gasteiger partial charge is 0.141 e. The monoisotopic (exact) mass is 424 g/mol. The standard InChI is InChI=1S/C26H17ClN2S/c27-23-11-5-4-9-20(23)17-21-10-6-16-29-18-24(28-26(21)29)25-15-14-22(30-25)13-12-19-7-2-1-3-8-19/h1-11,14-16,18H,17H2. The zero-order valence-corrected chi connectivity index (χ0v) is 17.6. The molecule has 30 heavy (non-hydrogen) atoms. The Balaban J connectivity index is 1.46. The number of thiophene rings is 1. The van der Waals surface area contributed by atoms with E-state index in [1.54, 1.807) is 11.3 Å². The number of benzene rings is 2. The first-order valence-corrected chi connectivity index (χ1v) is 10.8. The van der Waals surface area contributed by atoms with Crippen LogP contribution in [-0.4, -0.2) is 9.38 Å². The summed E-state index contributed by atoms with van der Waals surface area (Å²) in [6.45, 7) is 0. The van der Waals surface area contributed by atoms with Crippen LogP contribution in [0.4, 0.5) is 0 Å². The molecule has 0 aliphatic carbocycles. The highest BCUT2D eigenvalue weighted by atomic mass is 35.5. The van der Waals surface area contributed by atoms with E-state index < -0.39 is 0 Å². The lowest BCUT2D eigenvalue weighted by atomic mass is 10.1. The van der Waals surface area contributed by atoms with Gasteiger partial charge in [0.2, 0.25) is 0 Å². The van der Waals surface area contributed by atoms with E-state index in [0.717, 1.165) is 49.2 Å². The second-order valence-electron chi connectivity index (χ2n) is 6.94. The molecule has 2 nitrogen and oxygen atoms in total. The van der Waals surface area contributed by atoms with Gasteiger partial charge in [0, 0.05) is 29.4 Å². The fraction of sp³-hybridized carbons (Fsp3) is 0.0385. The van der Waals surface area contributed by atoms with Crippen molar-refractivity contribution in [2.45, 2.75) is 6.42 Å². The number of pyridine rings is 1. The van der Waals surface area contributed by atoms with E-state index >= 15 is 0 Å². The summed E-state index contributed by atoms with van der Waals surface area (Å²) in [5.74, 6) is 6.47. The Kier molecular flexibility index (Phi) is 5.11. The molecule has 2 aromatic carbocycles. The highest BCUT2D eigenvalue weighted by molar-refractivity contribution is 7.16. The fourth-order valence-electron chi connectivity index (χ4n) is 3.37. The molecular formula is C26H17ClN2S. The van der Waals surface area contributed by atoms with Crippen LogP contribution in [0.2, 0.25) is 5.02 Å². The summed E-state index contributed by atoms with van der Waals surface area (Å²) in [5.41, 5.74) is 5.19. The van der Waals surface area contributed by atoms with E-state index in [-0.39, 0.29) is 0 Å². The summed E-state index contributed by atoms with van der Waals surface area (Å²) < 4.78 is 2.08. The Labute approximate surface area is 184 Å². The summed E-state index contributed by atoms with van der Waals surface area (Å²) >= 11 is 8.03. The first-order valence-electron chi connectivity index (χ1n) is 9.63.